The Bertz CT molecular complexity index is 1040. The first-order chi connectivity index (χ1) is 16.2. The molecule has 2 aromatic heterocycles. The Hall–Kier alpha value is -1.97. The lowest BCUT2D eigenvalue weighted by molar-refractivity contribution is 0.00855. The van der Waals surface area contributed by atoms with Crippen molar-refractivity contribution in [3.05, 3.63) is 54.4 Å². The molecule has 0 aromatic carbocycles. The number of hydrogen-bond acceptors (Lipinski definition) is 5. The van der Waals surface area contributed by atoms with E-state index in [2.05, 4.69) is 37.8 Å². The minimum absolute atomic E-state index is 0.169. The molecule has 0 spiro atoms. The summed E-state index contributed by atoms with van der Waals surface area (Å²) in [6.07, 6.45) is 11.3. The molecule has 0 amide bonds. The van der Waals surface area contributed by atoms with Crippen LogP contribution >= 0.6 is 30.3 Å². The molecule has 1 atom stereocenters. The van der Waals surface area contributed by atoms with Crippen LogP contribution in [0.5, 0.6) is 0 Å². The number of allylic oxidation sites excluding steroid dienone is 2. The predicted octanol–water partition coefficient (Wildman–Crippen LogP) is 7.10. The van der Waals surface area contributed by atoms with Gasteiger partial charge in [0.05, 0.1) is 30.3 Å². The fraction of sp³-hybridized carbons (Fsp3) is 0.458. The van der Waals surface area contributed by atoms with Gasteiger partial charge in [-0.15, -0.1) is 6.58 Å². The number of aliphatic hydroxyl groups is 1. The van der Waals surface area contributed by atoms with Crippen molar-refractivity contribution in [1.82, 2.24) is 8.96 Å². The third kappa shape index (κ3) is 9.00. The van der Waals surface area contributed by atoms with E-state index in [0.717, 1.165) is 37.4 Å². The van der Waals surface area contributed by atoms with Crippen LogP contribution in [0, 0.1) is 17.1 Å². The summed E-state index contributed by atoms with van der Waals surface area (Å²) in [5.41, 5.74) is 6.33. The number of hydrogen-bond donors (Lipinski definition) is 2. The van der Waals surface area contributed by atoms with E-state index in [1.54, 1.807) is 23.9 Å². The van der Waals surface area contributed by atoms with Gasteiger partial charge in [0.25, 0.3) is 0 Å². The van der Waals surface area contributed by atoms with Gasteiger partial charge < -0.3 is 10.8 Å². The zero-order chi connectivity index (χ0) is 25.7. The third-order valence-corrected chi connectivity index (χ3v) is 6.86. The number of halogens is 3. The smallest absolute Gasteiger partial charge is 0.160 e. The minimum Gasteiger partial charge on any atom is -0.389 e. The Labute approximate surface area is 216 Å². The number of nitrogens with zero attached hydrogens (tertiary/aromatic N) is 4. The van der Waals surface area contributed by atoms with Gasteiger partial charge in [0.2, 0.25) is 0 Å². The maximum absolute atomic E-state index is 13.4. The quantitative estimate of drug-likeness (QED) is 0.164. The molecule has 34 heavy (non-hydrogen) atoms. The van der Waals surface area contributed by atoms with E-state index < -0.39 is 23.3 Å². The van der Waals surface area contributed by atoms with Crippen LogP contribution in [0.15, 0.2) is 48.0 Å². The van der Waals surface area contributed by atoms with E-state index >= 15 is 0 Å². The second kappa shape index (κ2) is 15.1. The van der Waals surface area contributed by atoms with Crippen LogP contribution in [0.1, 0.15) is 70.9 Å². The number of nitriles is 1. The Morgan fingerprint density at radius 1 is 1.47 bits per heavy atom. The second-order valence-electron chi connectivity index (χ2n) is 7.86. The van der Waals surface area contributed by atoms with Crippen molar-refractivity contribution in [2.45, 2.75) is 70.9 Å². The molecule has 0 bridgehead atoms. The molecule has 2 heterocycles. The van der Waals surface area contributed by atoms with Gasteiger partial charge in [-0.25, -0.2) is 13.8 Å². The molecule has 1 saturated carbocycles. The van der Waals surface area contributed by atoms with Crippen LogP contribution in [0.25, 0.3) is 11.0 Å². The number of rotatable bonds is 5. The zero-order valence-corrected chi connectivity index (χ0v) is 22.7. The summed E-state index contributed by atoms with van der Waals surface area (Å²) < 4.78 is 28.6. The minimum atomic E-state index is -0.632. The van der Waals surface area contributed by atoms with E-state index in [0.29, 0.717) is 17.5 Å². The van der Waals surface area contributed by atoms with E-state index in [4.69, 9.17) is 11.0 Å². The number of pyridine rings is 1. The van der Waals surface area contributed by atoms with Gasteiger partial charge in [-0.1, -0.05) is 25.3 Å². The maximum atomic E-state index is 13.4. The summed E-state index contributed by atoms with van der Waals surface area (Å²) in [5, 5.41) is 18.7. The van der Waals surface area contributed by atoms with Crippen molar-refractivity contribution in [1.29, 1.82) is 5.26 Å². The molecule has 10 heteroatoms. The van der Waals surface area contributed by atoms with Crippen LogP contribution < -0.4 is 5.73 Å². The summed E-state index contributed by atoms with van der Waals surface area (Å²) in [7, 11) is 1.41. The fourth-order valence-electron chi connectivity index (χ4n) is 3.48. The Morgan fingerprint density at radius 2 is 2.09 bits per heavy atom. The largest absolute Gasteiger partial charge is 0.389 e. The lowest BCUT2D eigenvalue weighted by Gasteiger charge is -2.29. The van der Waals surface area contributed by atoms with Crippen molar-refractivity contribution in [3.63, 3.8) is 0 Å². The number of aromatic nitrogens is 2. The Morgan fingerprint density at radius 3 is 2.62 bits per heavy atom. The van der Waals surface area contributed by atoms with E-state index in [1.165, 1.54) is 27.7 Å². The predicted molar refractivity (Wildman–Crippen MR) is 146 cm³/mol. The van der Waals surface area contributed by atoms with Crippen LogP contribution in [-0.4, -0.2) is 25.5 Å². The van der Waals surface area contributed by atoms with Crippen molar-refractivity contribution in [2.24, 2.45) is 10.7 Å². The standard InChI is InChI=1S/C13H13F2IN4S.C8H13NO.C3H6/c1-3-11(15)12(17)19-7(2)10-6-20(21-16)13-9(10)4-8(14)5-18-13;9-7-6-8(10)4-2-1-3-5-8;1-3-2/h3-7H,1-2H3,(H2,17,19);10H,1-6H2;3H,1H2,2H3/b11-3+;;. The number of aliphatic imine (C=N–C) groups is 1. The van der Waals surface area contributed by atoms with Crippen molar-refractivity contribution >= 4 is 47.2 Å². The van der Waals surface area contributed by atoms with Gasteiger partial charge in [-0.05, 0) is 45.8 Å². The lowest BCUT2D eigenvalue weighted by atomic mass is 9.83. The summed E-state index contributed by atoms with van der Waals surface area (Å²) in [4.78, 5) is 8.20. The number of nitrogens with two attached hydrogens (primary N) is 1. The van der Waals surface area contributed by atoms with E-state index in [9.17, 15) is 13.9 Å². The van der Waals surface area contributed by atoms with E-state index in [1.807, 2.05) is 19.2 Å². The molecule has 186 valence electrons. The number of amidine groups is 1. The molecule has 1 fully saturated rings. The molecule has 0 aliphatic heterocycles. The third-order valence-electron chi connectivity index (χ3n) is 5.16. The van der Waals surface area contributed by atoms with Gasteiger partial charge in [0.15, 0.2) is 17.3 Å². The molecule has 1 aliphatic rings. The van der Waals surface area contributed by atoms with Gasteiger partial charge in [0, 0.05) is 47.5 Å². The molecular formula is C24H32F2IN5OS. The fourth-order valence-corrected chi connectivity index (χ4v) is 4.75. The highest BCUT2D eigenvalue weighted by molar-refractivity contribution is 14.2. The molecule has 1 unspecified atom stereocenters. The Balaban J connectivity index is 0.000000369. The molecule has 0 radical (unpaired) electrons. The van der Waals surface area contributed by atoms with Gasteiger partial charge in [-0.3, -0.25) is 8.96 Å². The van der Waals surface area contributed by atoms with E-state index in [-0.39, 0.29) is 5.84 Å². The number of fused-ring (bicyclic) bond motifs is 1. The first kappa shape index (κ1) is 30.1. The highest BCUT2D eigenvalue weighted by atomic mass is 127. The topological polar surface area (TPSA) is 100 Å². The summed E-state index contributed by atoms with van der Waals surface area (Å²) >= 11 is 2.11. The Kier molecular flexibility index (Phi) is 13.4. The van der Waals surface area contributed by atoms with Crippen LogP contribution in [0.2, 0.25) is 0 Å². The van der Waals surface area contributed by atoms with Crippen LogP contribution in [0.3, 0.4) is 0 Å². The molecule has 2 aromatic rings. The van der Waals surface area contributed by atoms with Crippen LogP contribution in [-0.2, 0) is 0 Å². The lowest BCUT2D eigenvalue weighted by Crippen LogP contribution is -2.30. The summed E-state index contributed by atoms with van der Waals surface area (Å²) in [5.74, 6) is -1.17. The normalized spacial score (nSPS) is 16.4. The van der Waals surface area contributed by atoms with Crippen LogP contribution in [0.4, 0.5) is 8.78 Å². The van der Waals surface area contributed by atoms with Gasteiger partial charge in [0.1, 0.15) is 5.82 Å². The molecule has 0 saturated heterocycles. The first-order valence-corrected chi connectivity index (χ1v) is 14.2. The van der Waals surface area contributed by atoms with Gasteiger partial charge in [-0.2, -0.15) is 5.26 Å². The monoisotopic (exact) mass is 603 g/mol. The maximum Gasteiger partial charge on any atom is 0.160 e. The highest BCUT2D eigenvalue weighted by Gasteiger charge is 2.28. The van der Waals surface area contributed by atoms with Crippen molar-refractivity contribution in [3.8, 4) is 6.07 Å². The molecule has 1 aliphatic carbocycles. The first-order valence-electron chi connectivity index (χ1n) is 10.9. The summed E-state index contributed by atoms with van der Waals surface area (Å²) in [6.45, 7) is 8.57. The average Bonchev–Trinajstić information content (AvgIpc) is 3.17. The molecule has 6 nitrogen and oxygen atoms in total. The van der Waals surface area contributed by atoms with Crippen molar-refractivity contribution < 1.29 is 13.9 Å². The van der Waals surface area contributed by atoms with Gasteiger partial charge >= 0.3 is 0 Å². The second-order valence-corrected chi connectivity index (χ2v) is 9.57. The highest BCUT2D eigenvalue weighted by Crippen LogP contribution is 2.32. The molecular weight excluding hydrogens is 571 g/mol. The zero-order valence-electron chi connectivity index (χ0n) is 19.8. The summed E-state index contributed by atoms with van der Waals surface area (Å²) in [6, 6.07) is 3.02. The average molecular weight is 604 g/mol. The molecule has 3 N–H and O–H groups in total. The molecule has 3 rings (SSSR count). The van der Waals surface area contributed by atoms with Crippen molar-refractivity contribution in [2.75, 3.05) is 0 Å². The SMILES string of the molecule is C/C=C(/F)C(N)=NC(C)c1cn(SI)c2ncc(F)cc12.C=CC.N#CCC1(O)CCCCC1.